The van der Waals surface area contributed by atoms with Crippen LogP contribution < -0.4 is 5.32 Å². The second-order valence-corrected chi connectivity index (χ2v) is 6.34. The molecule has 0 aromatic heterocycles. The van der Waals surface area contributed by atoms with Gasteiger partial charge in [-0.05, 0) is 42.3 Å². The molecule has 0 aliphatic heterocycles. The van der Waals surface area contributed by atoms with Gasteiger partial charge in [0.2, 0.25) is 0 Å². The van der Waals surface area contributed by atoms with Crippen LogP contribution in [0.2, 0.25) is 0 Å². The van der Waals surface area contributed by atoms with Crippen molar-refractivity contribution in [3.05, 3.63) is 29.3 Å². The van der Waals surface area contributed by atoms with Gasteiger partial charge in [-0.25, -0.2) is 0 Å². The summed E-state index contributed by atoms with van der Waals surface area (Å²) in [6, 6.07) is 4.64. The Morgan fingerprint density at radius 1 is 1.25 bits per heavy atom. The Morgan fingerprint density at radius 2 is 1.95 bits per heavy atom. The Hall–Kier alpha value is -0.680. The van der Waals surface area contributed by atoms with Crippen molar-refractivity contribution in [3.8, 4) is 0 Å². The van der Waals surface area contributed by atoms with Gasteiger partial charge in [-0.1, -0.05) is 26.8 Å². The summed E-state index contributed by atoms with van der Waals surface area (Å²) in [6.07, 6.45) is -3.43. The fraction of sp³-hybridized carbons (Fsp3) is 0.600. The Balaban J connectivity index is 2.84. The highest BCUT2D eigenvalue weighted by Crippen LogP contribution is 2.37. The van der Waals surface area contributed by atoms with E-state index in [0.29, 0.717) is 28.7 Å². The molecular formula is C15H22F3NS. The molecule has 0 saturated heterocycles. The molecule has 1 N–H and O–H groups in total. The van der Waals surface area contributed by atoms with Gasteiger partial charge in [0.25, 0.3) is 0 Å². The molecule has 0 saturated carbocycles. The van der Waals surface area contributed by atoms with Gasteiger partial charge in [0.15, 0.2) is 0 Å². The van der Waals surface area contributed by atoms with E-state index in [9.17, 15) is 13.2 Å². The van der Waals surface area contributed by atoms with Crippen LogP contribution in [0.25, 0.3) is 0 Å². The third-order valence-electron chi connectivity index (χ3n) is 2.69. The van der Waals surface area contributed by atoms with Crippen molar-refractivity contribution in [2.75, 3.05) is 12.3 Å². The molecule has 5 heteroatoms. The molecule has 1 aromatic rings. The zero-order valence-electron chi connectivity index (χ0n) is 12.2. The number of hydrogen-bond donors (Lipinski definition) is 1. The molecule has 0 amide bonds. The highest BCUT2D eigenvalue weighted by Gasteiger charge is 2.33. The predicted octanol–water partition coefficient (Wildman–Crippen LogP) is 4.95. The summed E-state index contributed by atoms with van der Waals surface area (Å²) >= 11 is 1.27. The maximum atomic E-state index is 13.1. The van der Waals surface area contributed by atoms with E-state index in [1.54, 1.807) is 12.1 Å². The second-order valence-electron chi connectivity index (χ2n) is 5.20. The molecule has 0 fully saturated rings. The summed E-state index contributed by atoms with van der Waals surface area (Å²) in [5.74, 6) is 1.19. The SMILES string of the molecule is CCCSc1ccc(CNCC(C)C)cc1C(F)(F)F. The minimum absolute atomic E-state index is 0.326. The largest absolute Gasteiger partial charge is 0.417 e. The number of thioether (sulfide) groups is 1. The van der Waals surface area contributed by atoms with E-state index in [2.05, 4.69) is 19.2 Å². The Morgan fingerprint density at radius 3 is 2.50 bits per heavy atom. The first-order chi connectivity index (χ1) is 9.34. The molecule has 0 aliphatic rings. The average Bonchev–Trinajstić information content (AvgIpc) is 2.35. The lowest BCUT2D eigenvalue weighted by atomic mass is 10.1. The van der Waals surface area contributed by atoms with Crippen LogP contribution in [0.5, 0.6) is 0 Å². The van der Waals surface area contributed by atoms with E-state index in [1.165, 1.54) is 17.8 Å². The molecule has 20 heavy (non-hydrogen) atoms. The molecular weight excluding hydrogens is 283 g/mol. The Bertz CT molecular complexity index is 416. The highest BCUT2D eigenvalue weighted by atomic mass is 32.2. The first-order valence-electron chi connectivity index (χ1n) is 6.88. The van der Waals surface area contributed by atoms with Crippen molar-refractivity contribution in [2.24, 2.45) is 5.92 Å². The molecule has 0 heterocycles. The van der Waals surface area contributed by atoms with Crippen LogP contribution in [0, 0.1) is 5.92 Å². The van der Waals surface area contributed by atoms with E-state index in [1.807, 2.05) is 6.92 Å². The van der Waals surface area contributed by atoms with Crippen LogP contribution in [0.3, 0.4) is 0 Å². The number of benzene rings is 1. The van der Waals surface area contributed by atoms with E-state index in [0.717, 1.165) is 13.0 Å². The van der Waals surface area contributed by atoms with Crippen molar-refractivity contribution in [2.45, 2.75) is 44.8 Å². The normalized spacial score (nSPS) is 12.2. The number of nitrogens with one attached hydrogen (secondary N) is 1. The monoisotopic (exact) mass is 305 g/mol. The molecule has 1 aromatic carbocycles. The van der Waals surface area contributed by atoms with Crippen molar-refractivity contribution >= 4 is 11.8 Å². The van der Waals surface area contributed by atoms with Gasteiger partial charge in [-0.2, -0.15) is 13.2 Å². The molecule has 0 bridgehead atoms. The van der Waals surface area contributed by atoms with E-state index in [-0.39, 0.29) is 0 Å². The maximum Gasteiger partial charge on any atom is 0.417 e. The minimum Gasteiger partial charge on any atom is -0.312 e. The second kappa shape index (κ2) is 7.93. The Labute approximate surface area is 123 Å². The summed E-state index contributed by atoms with van der Waals surface area (Å²) in [4.78, 5) is 0.326. The lowest BCUT2D eigenvalue weighted by molar-refractivity contribution is -0.139. The van der Waals surface area contributed by atoms with Crippen molar-refractivity contribution in [3.63, 3.8) is 0 Å². The first kappa shape index (κ1) is 17.4. The van der Waals surface area contributed by atoms with Crippen molar-refractivity contribution in [1.29, 1.82) is 0 Å². The molecule has 0 radical (unpaired) electrons. The summed E-state index contributed by atoms with van der Waals surface area (Å²) in [5.41, 5.74) is 0.165. The quantitative estimate of drug-likeness (QED) is 0.715. The zero-order chi connectivity index (χ0) is 15.2. The van der Waals surface area contributed by atoms with Crippen LogP contribution in [-0.4, -0.2) is 12.3 Å². The van der Waals surface area contributed by atoms with Crippen LogP contribution in [0.15, 0.2) is 23.1 Å². The highest BCUT2D eigenvalue weighted by molar-refractivity contribution is 7.99. The Kier molecular flexibility index (Phi) is 6.89. The van der Waals surface area contributed by atoms with Gasteiger partial charge in [-0.15, -0.1) is 11.8 Å². The molecule has 1 nitrogen and oxygen atoms in total. The fourth-order valence-electron chi connectivity index (χ4n) is 1.75. The molecule has 0 spiro atoms. The van der Waals surface area contributed by atoms with Gasteiger partial charge >= 0.3 is 6.18 Å². The van der Waals surface area contributed by atoms with E-state index in [4.69, 9.17) is 0 Å². The summed E-state index contributed by atoms with van der Waals surface area (Å²) in [7, 11) is 0. The third-order valence-corrected chi connectivity index (χ3v) is 3.97. The van der Waals surface area contributed by atoms with Gasteiger partial charge in [0.1, 0.15) is 0 Å². The lowest BCUT2D eigenvalue weighted by Crippen LogP contribution is -2.19. The molecule has 0 atom stereocenters. The van der Waals surface area contributed by atoms with Gasteiger partial charge in [0, 0.05) is 11.4 Å². The van der Waals surface area contributed by atoms with Crippen LogP contribution in [0.1, 0.15) is 38.3 Å². The fourth-order valence-corrected chi connectivity index (χ4v) is 2.67. The molecule has 1 rings (SSSR count). The van der Waals surface area contributed by atoms with Gasteiger partial charge in [-0.3, -0.25) is 0 Å². The minimum atomic E-state index is -4.29. The van der Waals surface area contributed by atoms with E-state index >= 15 is 0 Å². The lowest BCUT2D eigenvalue weighted by Gasteiger charge is -2.15. The molecule has 0 unspecified atom stereocenters. The molecule has 0 aliphatic carbocycles. The smallest absolute Gasteiger partial charge is 0.312 e. The van der Waals surface area contributed by atoms with Crippen LogP contribution in [-0.2, 0) is 12.7 Å². The van der Waals surface area contributed by atoms with Crippen LogP contribution >= 0.6 is 11.8 Å². The van der Waals surface area contributed by atoms with Crippen molar-refractivity contribution < 1.29 is 13.2 Å². The number of halogens is 3. The van der Waals surface area contributed by atoms with Crippen LogP contribution in [0.4, 0.5) is 13.2 Å². The maximum absolute atomic E-state index is 13.1. The third kappa shape index (κ3) is 5.75. The summed E-state index contributed by atoms with van der Waals surface area (Å²) in [6.45, 7) is 7.37. The number of alkyl halides is 3. The standard InChI is InChI=1S/C15H22F3NS/c1-4-7-20-14-6-5-12(10-19-9-11(2)3)8-13(14)15(16,17)18/h5-6,8,11,19H,4,7,9-10H2,1-3H3. The molecule has 114 valence electrons. The average molecular weight is 305 g/mol. The first-order valence-corrected chi connectivity index (χ1v) is 7.86. The topological polar surface area (TPSA) is 12.0 Å². The number of hydrogen-bond acceptors (Lipinski definition) is 2. The van der Waals surface area contributed by atoms with Crippen molar-refractivity contribution in [1.82, 2.24) is 5.32 Å². The summed E-state index contributed by atoms with van der Waals surface area (Å²) in [5, 5.41) is 3.17. The van der Waals surface area contributed by atoms with Gasteiger partial charge < -0.3 is 5.32 Å². The van der Waals surface area contributed by atoms with E-state index < -0.39 is 11.7 Å². The zero-order valence-corrected chi connectivity index (χ0v) is 13.0. The van der Waals surface area contributed by atoms with Gasteiger partial charge in [0.05, 0.1) is 5.56 Å². The predicted molar refractivity (Wildman–Crippen MR) is 79.0 cm³/mol. The number of rotatable bonds is 7. The summed E-state index contributed by atoms with van der Waals surface area (Å²) < 4.78 is 39.2.